The number of rotatable bonds is 3. The van der Waals surface area contributed by atoms with Crippen LogP contribution in [-0.4, -0.2) is 34.7 Å². The molecule has 1 aromatic heterocycles. The Bertz CT molecular complexity index is 372. The lowest BCUT2D eigenvalue weighted by atomic mass is 10.0. The van der Waals surface area contributed by atoms with Crippen molar-refractivity contribution in [2.75, 3.05) is 19.6 Å². The summed E-state index contributed by atoms with van der Waals surface area (Å²) in [6.07, 6.45) is 2.26. The monoisotopic (exact) mass is 303 g/mol. The molecule has 0 aliphatic carbocycles. The molecule has 2 rings (SSSR count). The SMILES string of the molecule is CCN1CCC(Cc2cc(Br)c(Cl)nn2)C1. The number of halogens is 2. The third-order valence-corrected chi connectivity index (χ3v) is 4.18. The molecule has 0 amide bonds. The first-order valence-electron chi connectivity index (χ1n) is 5.59. The summed E-state index contributed by atoms with van der Waals surface area (Å²) in [5.41, 5.74) is 1.03. The van der Waals surface area contributed by atoms with Crippen LogP contribution in [0.2, 0.25) is 5.15 Å². The predicted molar refractivity (Wildman–Crippen MR) is 68.7 cm³/mol. The predicted octanol–water partition coefficient (Wildman–Crippen LogP) is 2.78. The van der Waals surface area contributed by atoms with Crippen LogP contribution in [0, 0.1) is 5.92 Å². The summed E-state index contributed by atoms with van der Waals surface area (Å²) in [5.74, 6) is 0.710. The quantitative estimate of drug-likeness (QED) is 0.860. The van der Waals surface area contributed by atoms with Crippen LogP contribution >= 0.6 is 27.5 Å². The maximum absolute atomic E-state index is 5.81. The second kappa shape index (κ2) is 5.43. The lowest BCUT2D eigenvalue weighted by molar-refractivity contribution is 0.341. The molecular formula is C11H15BrClN3. The van der Waals surface area contributed by atoms with Crippen molar-refractivity contribution in [1.29, 1.82) is 0 Å². The highest BCUT2D eigenvalue weighted by Gasteiger charge is 2.22. The number of aromatic nitrogens is 2. The van der Waals surface area contributed by atoms with Crippen molar-refractivity contribution in [1.82, 2.24) is 15.1 Å². The molecule has 1 fully saturated rings. The molecule has 1 aliphatic rings. The molecule has 3 nitrogen and oxygen atoms in total. The molecule has 1 aromatic rings. The van der Waals surface area contributed by atoms with Crippen LogP contribution in [0.15, 0.2) is 10.5 Å². The van der Waals surface area contributed by atoms with Crippen LogP contribution in [0.3, 0.4) is 0 Å². The summed E-state index contributed by atoms with van der Waals surface area (Å²) >= 11 is 9.19. The van der Waals surface area contributed by atoms with E-state index in [1.807, 2.05) is 6.07 Å². The zero-order valence-corrected chi connectivity index (χ0v) is 11.6. The molecule has 0 bridgehead atoms. The maximum Gasteiger partial charge on any atom is 0.165 e. The smallest absolute Gasteiger partial charge is 0.165 e. The van der Waals surface area contributed by atoms with Gasteiger partial charge in [0.2, 0.25) is 0 Å². The summed E-state index contributed by atoms with van der Waals surface area (Å²) in [6, 6.07) is 1.98. The standard InChI is InChI=1S/C11H15BrClN3/c1-2-16-4-3-8(7-16)5-9-6-10(12)11(13)15-14-9/h6,8H,2-5,7H2,1H3. The summed E-state index contributed by atoms with van der Waals surface area (Å²) in [7, 11) is 0. The van der Waals surface area contributed by atoms with Gasteiger partial charge in [-0.15, -0.1) is 5.10 Å². The average Bonchev–Trinajstić information content (AvgIpc) is 2.71. The molecule has 5 heteroatoms. The summed E-state index contributed by atoms with van der Waals surface area (Å²) < 4.78 is 0.838. The lowest BCUT2D eigenvalue weighted by Crippen LogP contribution is -2.20. The minimum absolute atomic E-state index is 0.436. The zero-order chi connectivity index (χ0) is 11.5. The Hall–Kier alpha value is -0.190. The van der Waals surface area contributed by atoms with Crippen LogP contribution in [0.25, 0.3) is 0 Å². The maximum atomic E-state index is 5.81. The van der Waals surface area contributed by atoms with Crippen molar-refractivity contribution >= 4 is 27.5 Å². The normalized spacial score (nSPS) is 21.6. The fourth-order valence-electron chi connectivity index (χ4n) is 2.15. The molecule has 1 saturated heterocycles. The van der Waals surface area contributed by atoms with Crippen LogP contribution < -0.4 is 0 Å². The summed E-state index contributed by atoms with van der Waals surface area (Å²) in [5, 5.41) is 8.47. The Morgan fingerprint density at radius 3 is 3.00 bits per heavy atom. The van der Waals surface area contributed by atoms with Gasteiger partial charge in [-0.2, -0.15) is 5.10 Å². The van der Waals surface area contributed by atoms with Crippen molar-refractivity contribution in [3.05, 3.63) is 21.4 Å². The Kier molecular flexibility index (Phi) is 4.16. The molecule has 0 saturated carbocycles. The van der Waals surface area contributed by atoms with E-state index in [2.05, 4.69) is 38.0 Å². The topological polar surface area (TPSA) is 29.0 Å². The summed E-state index contributed by atoms with van der Waals surface area (Å²) in [4.78, 5) is 2.48. The van der Waals surface area contributed by atoms with Crippen LogP contribution in [0.4, 0.5) is 0 Å². The van der Waals surface area contributed by atoms with Crippen molar-refractivity contribution in [2.24, 2.45) is 5.92 Å². The summed E-state index contributed by atoms with van der Waals surface area (Å²) in [6.45, 7) is 5.75. The molecule has 16 heavy (non-hydrogen) atoms. The first kappa shape index (κ1) is 12.3. The average molecular weight is 305 g/mol. The number of hydrogen-bond donors (Lipinski definition) is 0. The third kappa shape index (κ3) is 2.93. The number of likely N-dealkylation sites (tertiary alicyclic amines) is 1. The van der Waals surface area contributed by atoms with E-state index >= 15 is 0 Å². The van der Waals surface area contributed by atoms with E-state index < -0.39 is 0 Å². The minimum atomic E-state index is 0.436. The van der Waals surface area contributed by atoms with E-state index in [1.165, 1.54) is 19.5 Å². The van der Waals surface area contributed by atoms with Gasteiger partial charge in [-0.05, 0) is 53.8 Å². The van der Waals surface area contributed by atoms with Crippen LogP contribution in [0.5, 0.6) is 0 Å². The van der Waals surface area contributed by atoms with Gasteiger partial charge >= 0.3 is 0 Å². The number of hydrogen-bond acceptors (Lipinski definition) is 3. The molecule has 0 spiro atoms. The van der Waals surface area contributed by atoms with Gasteiger partial charge in [0.25, 0.3) is 0 Å². The van der Waals surface area contributed by atoms with Gasteiger partial charge in [-0.3, -0.25) is 0 Å². The van der Waals surface area contributed by atoms with E-state index in [0.29, 0.717) is 11.1 Å². The van der Waals surface area contributed by atoms with Gasteiger partial charge in [0.05, 0.1) is 10.2 Å². The number of nitrogens with zero attached hydrogens (tertiary/aromatic N) is 3. The molecular weight excluding hydrogens is 289 g/mol. The molecule has 1 unspecified atom stereocenters. The van der Waals surface area contributed by atoms with Gasteiger partial charge in [0.1, 0.15) is 0 Å². The molecule has 1 aliphatic heterocycles. The highest BCUT2D eigenvalue weighted by molar-refractivity contribution is 9.10. The third-order valence-electron chi connectivity index (χ3n) is 3.07. The van der Waals surface area contributed by atoms with Crippen molar-refractivity contribution < 1.29 is 0 Å². The van der Waals surface area contributed by atoms with Gasteiger partial charge in [-0.25, -0.2) is 0 Å². The largest absolute Gasteiger partial charge is 0.303 e. The Balaban J connectivity index is 1.97. The van der Waals surface area contributed by atoms with Crippen molar-refractivity contribution in [3.63, 3.8) is 0 Å². The first-order valence-corrected chi connectivity index (χ1v) is 6.76. The lowest BCUT2D eigenvalue weighted by Gasteiger charge is -2.12. The molecule has 2 heterocycles. The van der Waals surface area contributed by atoms with E-state index in [9.17, 15) is 0 Å². The van der Waals surface area contributed by atoms with Crippen LogP contribution in [-0.2, 0) is 6.42 Å². The van der Waals surface area contributed by atoms with Gasteiger partial charge in [-0.1, -0.05) is 18.5 Å². The second-order valence-electron chi connectivity index (χ2n) is 4.23. The van der Waals surface area contributed by atoms with Gasteiger partial charge in [0.15, 0.2) is 5.15 Å². The zero-order valence-electron chi connectivity index (χ0n) is 9.29. The Morgan fingerprint density at radius 2 is 2.38 bits per heavy atom. The second-order valence-corrected chi connectivity index (χ2v) is 5.44. The molecule has 88 valence electrons. The van der Waals surface area contributed by atoms with Crippen molar-refractivity contribution in [2.45, 2.75) is 19.8 Å². The Morgan fingerprint density at radius 1 is 1.56 bits per heavy atom. The highest BCUT2D eigenvalue weighted by Crippen LogP contribution is 2.23. The highest BCUT2D eigenvalue weighted by atomic mass is 79.9. The van der Waals surface area contributed by atoms with E-state index in [1.54, 1.807) is 0 Å². The van der Waals surface area contributed by atoms with Crippen molar-refractivity contribution in [3.8, 4) is 0 Å². The van der Waals surface area contributed by atoms with E-state index in [-0.39, 0.29) is 0 Å². The molecule has 0 N–H and O–H groups in total. The fraction of sp³-hybridized carbons (Fsp3) is 0.636. The molecule has 0 aromatic carbocycles. The van der Waals surface area contributed by atoms with Crippen LogP contribution in [0.1, 0.15) is 19.0 Å². The van der Waals surface area contributed by atoms with Gasteiger partial charge in [0, 0.05) is 6.54 Å². The Labute approximate surface area is 109 Å². The minimum Gasteiger partial charge on any atom is -0.303 e. The van der Waals surface area contributed by atoms with Gasteiger partial charge < -0.3 is 4.90 Å². The fourth-order valence-corrected chi connectivity index (χ4v) is 2.59. The molecule has 0 radical (unpaired) electrons. The van der Waals surface area contributed by atoms with E-state index in [4.69, 9.17) is 11.6 Å². The molecule has 1 atom stereocenters. The van der Waals surface area contributed by atoms with E-state index in [0.717, 1.165) is 23.1 Å². The first-order chi connectivity index (χ1) is 7.69.